The molecule has 5 heteroatoms. The second-order valence-corrected chi connectivity index (χ2v) is 4.55. The monoisotopic (exact) mass is 288 g/mol. The zero-order valence-electron chi connectivity index (χ0n) is 11.9. The molecule has 0 unspecified atom stereocenters. The predicted molar refractivity (Wildman–Crippen MR) is 81.3 cm³/mol. The third-order valence-electron chi connectivity index (χ3n) is 3.28. The van der Waals surface area contributed by atoms with Crippen molar-refractivity contribution in [1.82, 2.24) is 4.98 Å². The number of nitrogens with two attached hydrogens (primary N) is 1. The molecule has 1 aromatic carbocycles. The number of benzene rings is 1. The molecule has 2 rings (SSSR count). The summed E-state index contributed by atoms with van der Waals surface area (Å²) in [5.74, 6) is -1.11. The van der Waals surface area contributed by atoms with Crippen LogP contribution >= 0.6 is 0 Å². The number of hydrogen-bond donors (Lipinski definition) is 2. The van der Waals surface area contributed by atoms with Gasteiger partial charge in [-0.15, -0.1) is 0 Å². The Morgan fingerprint density at radius 3 is 2.81 bits per heavy atom. The summed E-state index contributed by atoms with van der Waals surface area (Å²) in [6.45, 7) is 1.98. The number of halogens is 1. The van der Waals surface area contributed by atoms with E-state index >= 15 is 0 Å². The standard InChI is InChI=1S/C16H17FN2O2/c1-3-10(5-7-15(17)18)11-4-6-12-13(16(20)21-2)9-19-14(12)8-11/h4-9,19H,3,18H2,1-2H3/b10-5+,15-7-. The summed E-state index contributed by atoms with van der Waals surface area (Å²) < 4.78 is 17.4. The summed E-state index contributed by atoms with van der Waals surface area (Å²) in [5, 5.41) is 0.793. The van der Waals surface area contributed by atoms with Crippen LogP contribution in [0.5, 0.6) is 0 Å². The van der Waals surface area contributed by atoms with Gasteiger partial charge in [-0.05, 0) is 29.7 Å². The number of H-pyrrole nitrogens is 1. The molecule has 4 nitrogen and oxygen atoms in total. The highest BCUT2D eigenvalue weighted by molar-refractivity contribution is 6.04. The molecule has 2 aromatic rings. The molecule has 0 saturated carbocycles. The molecular formula is C16H17FN2O2. The van der Waals surface area contributed by atoms with E-state index in [0.29, 0.717) is 5.56 Å². The molecule has 0 fully saturated rings. The van der Waals surface area contributed by atoms with E-state index in [-0.39, 0.29) is 5.97 Å². The summed E-state index contributed by atoms with van der Waals surface area (Å²) in [4.78, 5) is 14.7. The maximum atomic E-state index is 12.6. The first kappa shape index (κ1) is 14.8. The van der Waals surface area contributed by atoms with Gasteiger partial charge in [-0.25, -0.2) is 4.79 Å². The Morgan fingerprint density at radius 2 is 2.19 bits per heavy atom. The van der Waals surface area contributed by atoms with Crippen molar-refractivity contribution in [2.75, 3.05) is 7.11 Å². The van der Waals surface area contributed by atoms with E-state index in [2.05, 4.69) is 4.98 Å². The number of ether oxygens (including phenoxy) is 1. The van der Waals surface area contributed by atoms with E-state index in [0.717, 1.165) is 28.5 Å². The summed E-state index contributed by atoms with van der Waals surface area (Å²) >= 11 is 0. The highest BCUT2D eigenvalue weighted by Crippen LogP contribution is 2.25. The first-order chi connectivity index (χ1) is 10.1. The molecule has 1 heterocycles. The molecular weight excluding hydrogens is 271 g/mol. The van der Waals surface area contributed by atoms with Gasteiger partial charge in [0.1, 0.15) is 0 Å². The van der Waals surface area contributed by atoms with Crippen molar-refractivity contribution in [2.45, 2.75) is 13.3 Å². The second kappa shape index (κ2) is 6.26. The fourth-order valence-corrected chi connectivity index (χ4v) is 2.20. The topological polar surface area (TPSA) is 68.1 Å². The number of methoxy groups -OCH3 is 1. The van der Waals surface area contributed by atoms with E-state index in [9.17, 15) is 9.18 Å². The van der Waals surface area contributed by atoms with Gasteiger partial charge in [0.15, 0.2) is 5.95 Å². The smallest absolute Gasteiger partial charge is 0.340 e. The van der Waals surface area contributed by atoms with Crippen molar-refractivity contribution in [1.29, 1.82) is 0 Å². The number of carbonyl (C=O) groups is 1. The Kier molecular flexibility index (Phi) is 4.42. The van der Waals surface area contributed by atoms with Gasteiger partial charge in [0, 0.05) is 17.1 Å². The summed E-state index contributed by atoms with van der Waals surface area (Å²) in [6.07, 6.45) is 5.24. The van der Waals surface area contributed by atoms with Gasteiger partial charge in [-0.1, -0.05) is 25.1 Å². The Labute approximate surface area is 122 Å². The number of carbonyl (C=O) groups excluding carboxylic acids is 1. The summed E-state index contributed by atoms with van der Waals surface area (Å²) in [6, 6.07) is 5.65. The van der Waals surface area contributed by atoms with Gasteiger partial charge in [-0.3, -0.25) is 0 Å². The molecule has 3 N–H and O–H groups in total. The molecule has 0 spiro atoms. The average molecular weight is 288 g/mol. The van der Waals surface area contributed by atoms with Crippen LogP contribution in [0.15, 0.2) is 42.5 Å². The zero-order valence-corrected chi connectivity index (χ0v) is 11.9. The number of fused-ring (bicyclic) bond motifs is 1. The van der Waals surface area contributed by atoms with Crippen LogP contribution in [0, 0.1) is 0 Å². The van der Waals surface area contributed by atoms with Crippen LogP contribution in [-0.4, -0.2) is 18.1 Å². The number of hydrogen-bond acceptors (Lipinski definition) is 3. The fraction of sp³-hybridized carbons (Fsp3) is 0.188. The van der Waals surface area contributed by atoms with Gasteiger partial charge < -0.3 is 15.5 Å². The van der Waals surface area contributed by atoms with Crippen LogP contribution in [0.4, 0.5) is 4.39 Å². The first-order valence-corrected chi connectivity index (χ1v) is 6.58. The van der Waals surface area contributed by atoms with Gasteiger partial charge in [0.25, 0.3) is 0 Å². The molecule has 0 amide bonds. The van der Waals surface area contributed by atoms with E-state index < -0.39 is 5.95 Å². The number of aromatic amines is 1. The lowest BCUT2D eigenvalue weighted by Crippen LogP contribution is -1.99. The van der Waals surface area contributed by atoms with Crippen LogP contribution in [0.25, 0.3) is 16.5 Å². The lowest BCUT2D eigenvalue weighted by Gasteiger charge is -2.05. The summed E-state index contributed by atoms with van der Waals surface area (Å²) in [7, 11) is 1.35. The van der Waals surface area contributed by atoms with E-state index in [4.69, 9.17) is 10.5 Å². The molecule has 0 atom stereocenters. The van der Waals surface area contributed by atoms with Crippen LogP contribution in [0.3, 0.4) is 0 Å². The van der Waals surface area contributed by atoms with Crippen LogP contribution in [0.1, 0.15) is 29.3 Å². The quantitative estimate of drug-likeness (QED) is 0.514. The van der Waals surface area contributed by atoms with Crippen molar-refractivity contribution in [3.05, 3.63) is 53.6 Å². The van der Waals surface area contributed by atoms with Crippen molar-refractivity contribution in [2.24, 2.45) is 5.73 Å². The van der Waals surface area contributed by atoms with Crippen molar-refractivity contribution >= 4 is 22.4 Å². The molecule has 110 valence electrons. The lowest BCUT2D eigenvalue weighted by molar-refractivity contribution is 0.0603. The number of allylic oxidation sites excluding steroid dienone is 3. The Morgan fingerprint density at radius 1 is 1.43 bits per heavy atom. The number of aromatic nitrogens is 1. The van der Waals surface area contributed by atoms with E-state index in [1.54, 1.807) is 12.3 Å². The molecule has 0 saturated heterocycles. The Hall–Kier alpha value is -2.56. The summed E-state index contributed by atoms with van der Waals surface area (Å²) in [5.41, 5.74) is 8.22. The number of rotatable bonds is 4. The van der Waals surface area contributed by atoms with Gasteiger partial charge in [-0.2, -0.15) is 4.39 Å². The lowest BCUT2D eigenvalue weighted by atomic mass is 10.0. The largest absolute Gasteiger partial charge is 0.465 e. The minimum atomic E-state index is -0.727. The third kappa shape index (κ3) is 3.13. The fourth-order valence-electron chi connectivity index (χ4n) is 2.20. The molecule has 0 aliphatic carbocycles. The van der Waals surface area contributed by atoms with Crippen molar-refractivity contribution < 1.29 is 13.9 Å². The molecule has 0 aliphatic rings. The minimum Gasteiger partial charge on any atom is -0.465 e. The van der Waals surface area contributed by atoms with Gasteiger partial charge in [0.2, 0.25) is 0 Å². The normalized spacial score (nSPS) is 12.7. The molecule has 0 bridgehead atoms. The van der Waals surface area contributed by atoms with Crippen LogP contribution < -0.4 is 5.73 Å². The predicted octanol–water partition coefficient (Wildman–Crippen LogP) is 3.52. The first-order valence-electron chi connectivity index (χ1n) is 6.58. The number of esters is 1. The second-order valence-electron chi connectivity index (χ2n) is 4.55. The zero-order chi connectivity index (χ0) is 15.4. The SMILES string of the molecule is CC/C(=C\C=C(/N)F)c1ccc2c(C(=O)OC)c[nH]c2c1. The maximum Gasteiger partial charge on any atom is 0.340 e. The highest BCUT2D eigenvalue weighted by atomic mass is 19.1. The Bertz CT molecular complexity index is 725. The van der Waals surface area contributed by atoms with Gasteiger partial charge in [0.05, 0.1) is 12.7 Å². The van der Waals surface area contributed by atoms with Crippen molar-refractivity contribution in [3.63, 3.8) is 0 Å². The maximum absolute atomic E-state index is 12.6. The Balaban J connectivity index is 2.46. The molecule has 0 aliphatic heterocycles. The minimum absolute atomic E-state index is 0.381. The van der Waals surface area contributed by atoms with E-state index in [1.165, 1.54) is 13.2 Å². The molecule has 1 aromatic heterocycles. The third-order valence-corrected chi connectivity index (χ3v) is 3.28. The van der Waals surface area contributed by atoms with Crippen LogP contribution in [0.2, 0.25) is 0 Å². The van der Waals surface area contributed by atoms with E-state index in [1.807, 2.05) is 25.1 Å². The average Bonchev–Trinajstić information content (AvgIpc) is 2.90. The highest BCUT2D eigenvalue weighted by Gasteiger charge is 2.12. The van der Waals surface area contributed by atoms with Crippen LogP contribution in [-0.2, 0) is 4.74 Å². The molecule has 21 heavy (non-hydrogen) atoms. The van der Waals surface area contributed by atoms with Gasteiger partial charge >= 0.3 is 5.97 Å². The van der Waals surface area contributed by atoms with Crippen molar-refractivity contribution in [3.8, 4) is 0 Å². The molecule has 0 radical (unpaired) electrons. The number of nitrogens with one attached hydrogen (secondary N) is 1.